The van der Waals surface area contributed by atoms with Crippen molar-refractivity contribution < 1.29 is 13.2 Å². The Morgan fingerprint density at radius 3 is 2.34 bits per heavy atom. The molecule has 0 bridgehead atoms. The minimum Gasteiger partial charge on any atom is -0.323 e. The first-order valence-corrected chi connectivity index (χ1v) is 11.3. The summed E-state index contributed by atoms with van der Waals surface area (Å²) < 4.78 is 28.2. The molecule has 0 atom stereocenters. The number of carbonyl (C=O) groups is 1. The van der Waals surface area contributed by atoms with E-state index < -0.39 is 22.5 Å². The number of nitrogens with zero attached hydrogens (tertiary/aromatic N) is 1. The van der Waals surface area contributed by atoms with Gasteiger partial charge in [-0.3, -0.25) is 9.10 Å². The number of hydrogen-bond acceptors (Lipinski definition) is 3. The summed E-state index contributed by atoms with van der Waals surface area (Å²) in [6, 6.07) is 19.4. The number of hydrogen-bond donors (Lipinski definition) is 1. The van der Waals surface area contributed by atoms with Crippen LogP contribution in [0.15, 0.2) is 82.2 Å². The van der Waals surface area contributed by atoms with Crippen LogP contribution in [0.25, 0.3) is 0 Å². The lowest BCUT2D eigenvalue weighted by Crippen LogP contribution is -2.38. The average Bonchev–Trinajstić information content (AvgIpc) is 2.70. The lowest BCUT2D eigenvalue weighted by Gasteiger charge is -2.24. The van der Waals surface area contributed by atoms with E-state index in [9.17, 15) is 13.2 Å². The minimum absolute atomic E-state index is 0.0774. The highest BCUT2D eigenvalue weighted by molar-refractivity contribution is 9.10. The van der Waals surface area contributed by atoms with Gasteiger partial charge in [0.1, 0.15) is 6.54 Å². The van der Waals surface area contributed by atoms with Gasteiger partial charge in [0.2, 0.25) is 5.91 Å². The molecule has 0 saturated carbocycles. The van der Waals surface area contributed by atoms with Crippen LogP contribution in [-0.4, -0.2) is 20.9 Å². The van der Waals surface area contributed by atoms with Crippen molar-refractivity contribution in [3.8, 4) is 0 Å². The van der Waals surface area contributed by atoms with Gasteiger partial charge in [0.25, 0.3) is 10.0 Å². The Kier molecular flexibility index (Phi) is 6.85. The van der Waals surface area contributed by atoms with E-state index in [0.717, 1.165) is 4.31 Å². The summed E-state index contributed by atoms with van der Waals surface area (Å²) in [5, 5.41) is 3.08. The van der Waals surface area contributed by atoms with Crippen molar-refractivity contribution in [2.45, 2.75) is 4.90 Å². The van der Waals surface area contributed by atoms with Gasteiger partial charge in [-0.05, 0) is 42.5 Å². The zero-order valence-corrected chi connectivity index (χ0v) is 18.8. The molecule has 0 fully saturated rings. The van der Waals surface area contributed by atoms with E-state index in [4.69, 9.17) is 23.2 Å². The summed E-state index contributed by atoms with van der Waals surface area (Å²) in [5.41, 5.74) is 0.644. The topological polar surface area (TPSA) is 66.5 Å². The molecule has 0 aromatic heterocycles. The third-order valence-corrected chi connectivity index (χ3v) is 7.04. The fourth-order valence-electron chi connectivity index (χ4n) is 2.59. The largest absolute Gasteiger partial charge is 0.323 e. The summed E-state index contributed by atoms with van der Waals surface area (Å²) in [5.74, 6) is -0.561. The fraction of sp³-hybridized carbons (Fsp3) is 0.0500. The molecule has 29 heavy (non-hydrogen) atoms. The van der Waals surface area contributed by atoms with Gasteiger partial charge < -0.3 is 5.32 Å². The Balaban J connectivity index is 1.96. The maximum absolute atomic E-state index is 13.2. The van der Waals surface area contributed by atoms with Crippen molar-refractivity contribution in [1.29, 1.82) is 0 Å². The van der Waals surface area contributed by atoms with E-state index in [1.165, 1.54) is 12.1 Å². The Bertz CT molecular complexity index is 1140. The predicted octanol–water partition coefficient (Wildman–Crippen LogP) is 5.59. The van der Waals surface area contributed by atoms with Crippen molar-refractivity contribution in [2.24, 2.45) is 0 Å². The SMILES string of the molecule is O=C(CN(c1cccc(Br)c1)S(=O)(=O)c1ccccc1)Nc1cccc(Cl)c1Cl. The standard InChI is InChI=1S/C20H15BrCl2N2O3S/c21-14-6-4-7-15(12-14)25(29(27,28)16-8-2-1-3-9-16)13-19(26)24-18-11-5-10-17(22)20(18)23/h1-12H,13H2,(H,24,26). The highest BCUT2D eigenvalue weighted by atomic mass is 79.9. The van der Waals surface area contributed by atoms with Gasteiger partial charge in [-0.1, -0.05) is 69.5 Å². The molecule has 3 aromatic carbocycles. The average molecular weight is 514 g/mol. The van der Waals surface area contributed by atoms with Crippen LogP contribution < -0.4 is 9.62 Å². The van der Waals surface area contributed by atoms with E-state index in [2.05, 4.69) is 21.2 Å². The molecule has 0 unspecified atom stereocenters. The second kappa shape index (κ2) is 9.17. The van der Waals surface area contributed by atoms with Gasteiger partial charge in [-0.2, -0.15) is 0 Å². The Labute approximate surface area is 187 Å². The van der Waals surface area contributed by atoms with Gasteiger partial charge in [0, 0.05) is 4.47 Å². The first-order valence-electron chi connectivity index (χ1n) is 8.36. The van der Waals surface area contributed by atoms with Crippen LogP contribution in [0.4, 0.5) is 11.4 Å². The third kappa shape index (κ3) is 5.11. The molecular formula is C20H15BrCl2N2O3S. The highest BCUT2D eigenvalue weighted by Gasteiger charge is 2.27. The lowest BCUT2D eigenvalue weighted by atomic mass is 10.3. The third-order valence-electron chi connectivity index (χ3n) is 3.94. The summed E-state index contributed by atoms with van der Waals surface area (Å²) in [6.45, 7) is -0.448. The first-order chi connectivity index (χ1) is 13.8. The fourth-order valence-corrected chi connectivity index (χ4v) is 4.76. The molecule has 5 nitrogen and oxygen atoms in total. The number of halogens is 3. The summed E-state index contributed by atoms with van der Waals surface area (Å²) in [4.78, 5) is 12.8. The van der Waals surface area contributed by atoms with Crippen LogP contribution in [0.3, 0.4) is 0 Å². The van der Waals surface area contributed by atoms with Gasteiger partial charge in [-0.15, -0.1) is 0 Å². The molecule has 0 aliphatic heterocycles. The second-order valence-corrected chi connectivity index (χ2v) is 9.52. The molecule has 0 radical (unpaired) electrons. The van der Waals surface area contributed by atoms with Gasteiger partial charge in [-0.25, -0.2) is 8.42 Å². The lowest BCUT2D eigenvalue weighted by molar-refractivity contribution is -0.114. The van der Waals surface area contributed by atoms with Gasteiger partial charge >= 0.3 is 0 Å². The number of carbonyl (C=O) groups excluding carboxylic acids is 1. The maximum Gasteiger partial charge on any atom is 0.264 e. The Morgan fingerprint density at radius 1 is 0.966 bits per heavy atom. The molecule has 3 rings (SSSR count). The molecule has 9 heteroatoms. The Hall–Kier alpha value is -2.06. The predicted molar refractivity (Wildman–Crippen MR) is 120 cm³/mol. The minimum atomic E-state index is -3.98. The van der Waals surface area contributed by atoms with Crippen LogP contribution in [-0.2, 0) is 14.8 Å². The monoisotopic (exact) mass is 512 g/mol. The Morgan fingerprint density at radius 2 is 1.66 bits per heavy atom. The van der Waals surface area contributed by atoms with E-state index in [1.807, 2.05) is 0 Å². The molecule has 0 heterocycles. The number of anilines is 2. The number of amides is 1. The zero-order chi connectivity index (χ0) is 21.0. The van der Waals surface area contributed by atoms with Gasteiger partial charge in [0.15, 0.2) is 0 Å². The first kappa shape index (κ1) is 21.6. The quantitative estimate of drug-likeness (QED) is 0.467. The van der Waals surface area contributed by atoms with E-state index >= 15 is 0 Å². The van der Waals surface area contributed by atoms with Crippen molar-refractivity contribution in [3.63, 3.8) is 0 Å². The summed E-state index contributed by atoms with van der Waals surface area (Å²) in [7, 11) is -3.98. The number of sulfonamides is 1. The second-order valence-electron chi connectivity index (χ2n) is 5.95. The summed E-state index contributed by atoms with van der Waals surface area (Å²) >= 11 is 15.4. The van der Waals surface area contributed by atoms with Crippen LogP contribution in [0.2, 0.25) is 10.0 Å². The van der Waals surface area contributed by atoms with Crippen molar-refractivity contribution >= 4 is 66.4 Å². The van der Waals surface area contributed by atoms with Crippen molar-refractivity contribution in [1.82, 2.24) is 0 Å². The van der Waals surface area contributed by atoms with E-state index in [1.54, 1.807) is 60.7 Å². The van der Waals surface area contributed by atoms with Crippen molar-refractivity contribution in [2.75, 3.05) is 16.2 Å². The molecule has 3 aromatic rings. The smallest absolute Gasteiger partial charge is 0.264 e. The molecule has 0 saturated heterocycles. The highest BCUT2D eigenvalue weighted by Crippen LogP contribution is 2.30. The van der Waals surface area contributed by atoms with Crippen LogP contribution in [0.5, 0.6) is 0 Å². The zero-order valence-electron chi connectivity index (χ0n) is 14.8. The molecule has 0 aliphatic rings. The molecular weight excluding hydrogens is 499 g/mol. The van der Waals surface area contributed by atoms with Crippen LogP contribution >= 0.6 is 39.1 Å². The molecule has 0 spiro atoms. The molecule has 150 valence electrons. The molecule has 0 aliphatic carbocycles. The normalized spacial score (nSPS) is 11.1. The van der Waals surface area contributed by atoms with Crippen molar-refractivity contribution in [3.05, 3.63) is 87.3 Å². The molecule has 1 N–H and O–H groups in total. The van der Waals surface area contributed by atoms with Gasteiger partial charge in [0.05, 0.1) is 26.3 Å². The maximum atomic E-state index is 13.2. The van der Waals surface area contributed by atoms with E-state index in [0.29, 0.717) is 15.8 Å². The number of nitrogens with one attached hydrogen (secondary N) is 1. The molecule has 1 amide bonds. The summed E-state index contributed by atoms with van der Waals surface area (Å²) in [6.07, 6.45) is 0. The van der Waals surface area contributed by atoms with Crippen LogP contribution in [0, 0.1) is 0 Å². The van der Waals surface area contributed by atoms with Crippen LogP contribution in [0.1, 0.15) is 0 Å². The number of benzene rings is 3. The number of rotatable bonds is 6. The van der Waals surface area contributed by atoms with E-state index in [-0.39, 0.29) is 14.9 Å².